The minimum absolute atomic E-state index is 0.0788. The van der Waals surface area contributed by atoms with Gasteiger partial charge < -0.3 is 14.7 Å². The van der Waals surface area contributed by atoms with Gasteiger partial charge >= 0.3 is 0 Å². The number of aromatic nitrogens is 1. The molecule has 0 aliphatic heterocycles. The van der Waals surface area contributed by atoms with E-state index in [2.05, 4.69) is 23.7 Å². The Morgan fingerprint density at radius 2 is 2.24 bits per heavy atom. The van der Waals surface area contributed by atoms with E-state index in [1.165, 1.54) is 0 Å². The maximum Gasteiger partial charge on any atom is 0.185 e. The molecular formula is C12H22N2O2S. The van der Waals surface area contributed by atoms with E-state index in [1.807, 2.05) is 7.05 Å². The average molecular weight is 258 g/mol. The number of nitrogens with zero attached hydrogens (tertiary/aromatic N) is 2. The summed E-state index contributed by atoms with van der Waals surface area (Å²) in [5.74, 6) is 0.401. The Kier molecular flexibility index (Phi) is 5.88. The summed E-state index contributed by atoms with van der Waals surface area (Å²) in [6.07, 6.45) is 1.04. The van der Waals surface area contributed by atoms with E-state index in [4.69, 9.17) is 4.74 Å². The van der Waals surface area contributed by atoms with Crippen LogP contribution < -0.4 is 4.90 Å². The lowest BCUT2D eigenvalue weighted by Gasteiger charge is -2.14. The molecule has 0 amide bonds. The normalized spacial score (nSPS) is 12.8. The van der Waals surface area contributed by atoms with E-state index < -0.39 is 0 Å². The second kappa shape index (κ2) is 6.93. The zero-order chi connectivity index (χ0) is 12.8. The van der Waals surface area contributed by atoms with Gasteiger partial charge in [0.1, 0.15) is 0 Å². The zero-order valence-corrected chi connectivity index (χ0v) is 11.9. The van der Waals surface area contributed by atoms with E-state index in [0.717, 1.165) is 28.7 Å². The molecule has 0 aromatic carbocycles. The van der Waals surface area contributed by atoms with E-state index >= 15 is 0 Å². The summed E-state index contributed by atoms with van der Waals surface area (Å²) in [7, 11) is 3.69. The van der Waals surface area contributed by atoms with Crippen molar-refractivity contribution in [1.82, 2.24) is 4.98 Å². The highest BCUT2D eigenvalue weighted by Crippen LogP contribution is 2.31. The summed E-state index contributed by atoms with van der Waals surface area (Å²) in [4.78, 5) is 7.69. The van der Waals surface area contributed by atoms with Crippen molar-refractivity contribution in [2.24, 2.45) is 0 Å². The molecule has 0 aliphatic rings. The number of thiazole rings is 1. The number of hydrogen-bond donors (Lipinski definition) is 1. The van der Waals surface area contributed by atoms with Gasteiger partial charge in [-0.1, -0.05) is 25.2 Å². The van der Waals surface area contributed by atoms with Crippen LogP contribution in [0.15, 0.2) is 0 Å². The van der Waals surface area contributed by atoms with Crippen LogP contribution in [0.25, 0.3) is 0 Å². The standard InChI is InChI=1S/C12H22N2O2S/c1-5-9(2)11-10(8-15)17-12(13-11)14(3)6-7-16-4/h9,15H,5-8H2,1-4H3. The maximum absolute atomic E-state index is 9.36. The first-order valence-electron chi connectivity index (χ1n) is 5.94. The smallest absolute Gasteiger partial charge is 0.185 e. The molecule has 0 fully saturated rings. The molecule has 1 aromatic heterocycles. The lowest BCUT2D eigenvalue weighted by Crippen LogP contribution is -2.21. The molecule has 0 aliphatic carbocycles. The summed E-state index contributed by atoms with van der Waals surface area (Å²) in [6.45, 7) is 5.86. The van der Waals surface area contributed by atoms with Gasteiger partial charge in [-0.3, -0.25) is 0 Å². The largest absolute Gasteiger partial charge is 0.391 e. The van der Waals surface area contributed by atoms with Crippen molar-refractivity contribution >= 4 is 16.5 Å². The summed E-state index contributed by atoms with van der Waals surface area (Å²) in [6, 6.07) is 0. The summed E-state index contributed by atoms with van der Waals surface area (Å²) in [5, 5.41) is 10.3. The first kappa shape index (κ1) is 14.4. The Hall–Kier alpha value is -0.650. The van der Waals surface area contributed by atoms with Crippen molar-refractivity contribution in [2.75, 3.05) is 32.2 Å². The molecule has 1 rings (SSSR count). The Balaban J connectivity index is 2.84. The average Bonchev–Trinajstić information content (AvgIpc) is 2.79. The predicted molar refractivity (Wildman–Crippen MR) is 71.9 cm³/mol. The van der Waals surface area contributed by atoms with Crippen molar-refractivity contribution in [1.29, 1.82) is 0 Å². The monoisotopic (exact) mass is 258 g/mol. The van der Waals surface area contributed by atoms with Gasteiger partial charge in [0.2, 0.25) is 0 Å². The molecular weight excluding hydrogens is 236 g/mol. The molecule has 5 heteroatoms. The van der Waals surface area contributed by atoms with Crippen molar-refractivity contribution in [3.63, 3.8) is 0 Å². The highest BCUT2D eigenvalue weighted by Gasteiger charge is 2.17. The van der Waals surface area contributed by atoms with Gasteiger partial charge in [0, 0.05) is 20.7 Å². The van der Waals surface area contributed by atoms with Crippen LogP contribution in [-0.4, -0.2) is 37.4 Å². The zero-order valence-electron chi connectivity index (χ0n) is 11.1. The van der Waals surface area contributed by atoms with Crippen LogP contribution >= 0.6 is 11.3 Å². The van der Waals surface area contributed by atoms with Gasteiger partial charge in [0.25, 0.3) is 0 Å². The van der Waals surface area contributed by atoms with E-state index in [-0.39, 0.29) is 6.61 Å². The second-order valence-corrected chi connectivity index (χ2v) is 5.25. The van der Waals surface area contributed by atoms with Crippen molar-refractivity contribution < 1.29 is 9.84 Å². The summed E-state index contributed by atoms with van der Waals surface area (Å²) < 4.78 is 5.05. The number of methoxy groups -OCH3 is 1. The van der Waals surface area contributed by atoms with Crippen molar-refractivity contribution in [3.05, 3.63) is 10.6 Å². The van der Waals surface area contributed by atoms with Crippen LogP contribution in [0.1, 0.15) is 36.8 Å². The van der Waals surface area contributed by atoms with Crippen molar-refractivity contribution in [3.8, 4) is 0 Å². The SMILES string of the molecule is CCC(C)c1nc(N(C)CCOC)sc1CO. The lowest BCUT2D eigenvalue weighted by molar-refractivity contribution is 0.206. The number of anilines is 1. The topological polar surface area (TPSA) is 45.6 Å². The molecule has 0 saturated carbocycles. The first-order chi connectivity index (χ1) is 8.13. The van der Waals surface area contributed by atoms with Gasteiger partial charge in [-0.2, -0.15) is 0 Å². The van der Waals surface area contributed by atoms with Crippen molar-refractivity contribution in [2.45, 2.75) is 32.8 Å². The van der Waals surface area contributed by atoms with Gasteiger partial charge in [0.05, 0.1) is 23.8 Å². The molecule has 4 nitrogen and oxygen atoms in total. The summed E-state index contributed by atoms with van der Waals surface area (Å²) in [5.41, 5.74) is 1.04. The molecule has 1 aromatic rings. The van der Waals surface area contributed by atoms with Crippen LogP contribution in [0.4, 0.5) is 5.13 Å². The molecule has 0 saturated heterocycles. The molecule has 1 heterocycles. The highest BCUT2D eigenvalue weighted by molar-refractivity contribution is 7.15. The van der Waals surface area contributed by atoms with Crippen LogP contribution in [0.5, 0.6) is 0 Å². The van der Waals surface area contributed by atoms with Crippen LogP contribution in [0.2, 0.25) is 0 Å². The molecule has 0 radical (unpaired) electrons. The molecule has 0 bridgehead atoms. The van der Waals surface area contributed by atoms with Crippen LogP contribution in [0, 0.1) is 0 Å². The summed E-state index contributed by atoms with van der Waals surface area (Å²) >= 11 is 1.57. The van der Waals surface area contributed by atoms with E-state index in [9.17, 15) is 5.11 Å². The second-order valence-electron chi connectivity index (χ2n) is 4.19. The molecule has 17 heavy (non-hydrogen) atoms. The fraction of sp³-hybridized carbons (Fsp3) is 0.750. The number of hydrogen-bond acceptors (Lipinski definition) is 5. The number of likely N-dealkylation sites (N-methyl/N-ethyl adjacent to an activating group) is 1. The molecule has 98 valence electrons. The Labute approximate surface area is 107 Å². The van der Waals surface area contributed by atoms with Crippen LogP contribution in [0.3, 0.4) is 0 Å². The lowest BCUT2D eigenvalue weighted by atomic mass is 10.0. The molecule has 1 atom stereocenters. The predicted octanol–water partition coefficient (Wildman–Crippen LogP) is 2.23. The quantitative estimate of drug-likeness (QED) is 0.814. The Morgan fingerprint density at radius 1 is 1.53 bits per heavy atom. The Morgan fingerprint density at radius 3 is 2.76 bits per heavy atom. The first-order valence-corrected chi connectivity index (χ1v) is 6.76. The van der Waals surface area contributed by atoms with Gasteiger partial charge in [-0.25, -0.2) is 4.98 Å². The minimum Gasteiger partial charge on any atom is -0.391 e. The number of ether oxygens (including phenoxy) is 1. The third-order valence-electron chi connectivity index (χ3n) is 2.90. The fourth-order valence-corrected chi connectivity index (χ4v) is 2.56. The van der Waals surface area contributed by atoms with E-state index in [0.29, 0.717) is 12.5 Å². The van der Waals surface area contributed by atoms with Gasteiger partial charge in [-0.05, 0) is 12.3 Å². The number of aliphatic hydroxyl groups excluding tert-OH is 1. The number of aliphatic hydroxyl groups is 1. The van der Waals surface area contributed by atoms with E-state index in [1.54, 1.807) is 18.4 Å². The molecule has 1 unspecified atom stereocenters. The minimum atomic E-state index is 0.0788. The maximum atomic E-state index is 9.36. The third kappa shape index (κ3) is 3.66. The van der Waals surface area contributed by atoms with Crippen LogP contribution in [-0.2, 0) is 11.3 Å². The van der Waals surface area contributed by atoms with Gasteiger partial charge in [0.15, 0.2) is 5.13 Å². The molecule has 0 spiro atoms. The number of rotatable bonds is 7. The Bertz CT molecular complexity index is 341. The molecule has 1 N–H and O–H groups in total. The third-order valence-corrected chi connectivity index (χ3v) is 4.07. The van der Waals surface area contributed by atoms with Gasteiger partial charge in [-0.15, -0.1) is 0 Å². The highest BCUT2D eigenvalue weighted by atomic mass is 32.1. The fourth-order valence-electron chi connectivity index (χ4n) is 1.53.